The minimum Gasteiger partial charge on any atom is -0.490 e. The predicted molar refractivity (Wildman–Crippen MR) is 52.1 cm³/mol. The summed E-state index contributed by atoms with van der Waals surface area (Å²) in [4.78, 5) is 0. The van der Waals surface area contributed by atoms with Crippen molar-refractivity contribution in [3.05, 3.63) is 30.0 Å². The van der Waals surface area contributed by atoms with Crippen LogP contribution in [0.3, 0.4) is 0 Å². The highest BCUT2D eigenvalue weighted by Crippen LogP contribution is 2.30. The lowest BCUT2D eigenvalue weighted by molar-refractivity contribution is 0.338. The molecule has 0 amide bonds. The third-order valence-electron chi connectivity index (χ3n) is 2.07. The van der Waals surface area contributed by atoms with E-state index in [0.29, 0.717) is 6.61 Å². The smallest absolute Gasteiger partial charge is 0.165 e. The van der Waals surface area contributed by atoms with Gasteiger partial charge in [0.1, 0.15) is 11.8 Å². The van der Waals surface area contributed by atoms with Crippen LogP contribution in [0.5, 0.6) is 5.75 Å². The molecule has 1 heterocycles. The molecule has 2 aromatic rings. The first-order valence-corrected chi connectivity index (χ1v) is 4.42. The molecule has 2 nitrogen and oxygen atoms in total. The summed E-state index contributed by atoms with van der Waals surface area (Å²) in [6, 6.07) is 5.99. The molecule has 1 aromatic heterocycles. The zero-order valence-corrected chi connectivity index (χ0v) is 7.83. The Hall–Kier alpha value is -1.44. The fraction of sp³-hybridized carbons (Fsp3) is 0.273. The van der Waals surface area contributed by atoms with Crippen molar-refractivity contribution in [2.24, 2.45) is 0 Å². The Morgan fingerprint density at radius 1 is 1.38 bits per heavy atom. The first-order valence-electron chi connectivity index (χ1n) is 4.42. The molecule has 0 N–H and O–H groups in total. The molecular formula is C11H12O2. The SMILES string of the molecule is CCOc1coc2cccc(C)c12. The molecule has 0 spiro atoms. The Labute approximate surface area is 77.1 Å². The van der Waals surface area contributed by atoms with Gasteiger partial charge in [0.2, 0.25) is 0 Å². The predicted octanol–water partition coefficient (Wildman–Crippen LogP) is 3.14. The molecule has 2 heteroatoms. The highest BCUT2D eigenvalue weighted by atomic mass is 16.5. The lowest BCUT2D eigenvalue weighted by atomic mass is 10.1. The lowest BCUT2D eigenvalue weighted by Gasteiger charge is -2.00. The van der Waals surface area contributed by atoms with Crippen molar-refractivity contribution in [1.29, 1.82) is 0 Å². The summed E-state index contributed by atoms with van der Waals surface area (Å²) in [7, 11) is 0. The van der Waals surface area contributed by atoms with Crippen molar-refractivity contribution in [2.75, 3.05) is 6.61 Å². The van der Waals surface area contributed by atoms with E-state index in [2.05, 4.69) is 13.0 Å². The topological polar surface area (TPSA) is 22.4 Å². The quantitative estimate of drug-likeness (QED) is 0.701. The summed E-state index contributed by atoms with van der Waals surface area (Å²) in [5, 5.41) is 1.09. The molecular weight excluding hydrogens is 164 g/mol. The second-order valence-corrected chi connectivity index (χ2v) is 2.98. The number of rotatable bonds is 2. The van der Waals surface area contributed by atoms with E-state index in [1.807, 2.05) is 19.1 Å². The van der Waals surface area contributed by atoms with Crippen molar-refractivity contribution in [3.8, 4) is 5.75 Å². The molecule has 0 saturated carbocycles. The van der Waals surface area contributed by atoms with Crippen LogP contribution < -0.4 is 4.74 Å². The van der Waals surface area contributed by atoms with Crippen LogP contribution in [0, 0.1) is 6.92 Å². The van der Waals surface area contributed by atoms with Crippen LogP contribution in [0.4, 0.5) is 0 Å². The van der Waals surface area contributed by atoms with Gasteiger partial charge in [0.15, 0.2) is 5.75 Å². The third-order valence-corrected chi connectivity index (χ3v) is 2.07. The normalized spacial score (nSPS) is 10.6. The van der Waals surface area contributed by atoms with Gasteiger partial charge in [0, 0.05) is 0 Å². The van der Waals surface area contributed by atoms with Crippen molar-refractivity contribution < 1.29 is 9.15 Å². The van der Waals surface area contributed by atoms with E-state index in [1.165, 1.54) is 5.56 Å². The van der Waals surface area contributed by atoms with Crippen LogP contribution in [0.25, 0.3) is 11.0 Å². The van der Waals surface area contributed by atoms with Crippen LogP contribution in [0.2, 0.25) is 0 Å². The number of ether oxygens (including phenoxy) is 1. The van der Waals surface area contributed by atoms with Crippen molar-refractivity contribution in [3.63, 3.8) is 0 Å². The molecule has 0 fully saturated rings. The summed E-state index contributed by atoms with van der Waals surface area (Å²) in [6.07, 6.45) is 1.67. The lowest BCUT2D eigenvalue weighted by Crippen LogP contribution is -1.90. The first kappa shape index (κ1) is 8.17. The molecule has 0 unspecified atom stereocenters. The molecule has 68 valence electrons. The third kappa shape index (κ3) is 1.28. The number of furan rings is 1. The van der Waals surface area contributed by atoms with E-state index >= 15 is 0 Å². The Morgan fingerprint density at radius 2 is 2.23 bits per heavy atom. The summed E-state index contributed by atoms with van der Waals surface area (Å²) in [5.41, 5.74) is 2.08. The minimum atomic E-state index is 0.670. The number of benzene rings is 1. The Bertz CT molecular complexity index is 415. The van der Waals surface area contributed by atoms with E-state index in [-0.39, 0.29) is 0 Å². The Kier molecular flexibility index (Phi) is 1.97. The number of fused-ring (bicyclic) bond motifs is 1. The van der Waals surface area contributed by atoms with E-state index in [4.69, 9.17) is 9.15 Å². The second kappa shape index (κ2) is 3.13. The second-order valence-electron chi connectivity index (χ2n) is 2.98. The minimum absolute atomic E-state index is 0.670. The molecule has 0 aliphatic rings. The molecule has 0 bridgehead atoms. The fourth-order valence-corrected chi connectivity index (χ4v) is 1.49. The molecule has 1 aromatic carbocycles. The maximum atomic E-state index is 5.45. The van der Waals surface area contributed by atoms with Gasteiger partial charge in [-0.1, -0.05) is 12.1 Å². The average molecular weight is 176 g/mol. The van der Waals surface area contributed by atoms with Gasteiger partial charge in [-0.05, 0) is 25.5 Å². The molecule has 0 atom stereocenters. The Balaban J connectivity index is 2.64. The molecule has 0 radical (unpaired) electrons. The highest BCUT2D eigenvalue weighted by Gasteiger charge is 2.07. The maximum Gasteiger partial charge on any atom is 0.165 e. The molecule has 2 rings (SSSR count). The fourth-order valence-electron chi connectivity index (χ4n) is 1.49. The maximum absolute atomic E-state index is 5.45. The van der Waals surface area contributed by atoms with Crippen molar-refractivity contribution in [1.82, 2.24) is 0 Å². The van der Waals surface area contributed by atoms with Gasteiger partial charge in [-0.25, -0.2) is 0 Å². The first-order chi connectivity index (χ1) is 6.33. The Morgan fingerprint density at radius 3 is 3.00 bits per heavy atom. The van der Waals surface area contributed by atoms with Crippen molar-refractivity contribution >= 4 is 11.0 Å². The highest BCUT2D eigenvalue weighted by molar-refractivity contribution is 5.87. The van der Waals surface area contributed by atoms with E-state index in [1.54, 1.807) is 6.26 Å². The molecule has 0 saturated heterocycles. The van der Waals surface area contributed by atoms with Crippen LogP contribution in [0.15, 0.2) is 28.9 Å². The van der Waals surface area contributed by atoms with Crippen LogP contribution >= 0.6 is 0 Å². The van der Waals surface area contributed by atoms with Gasteiger partial charge < -0.3 is 9.15 Å². The summed E-state index contributed by atoms with van der Waals surface area (Å²) in [6.45, 7) is 4.69. The zero-order valence-electron chi connectivity index (χ0n) is 7.83. The molecule has 0 aliphatic heterocycles. The number of hydrogen-bond donors (Lipinski definition) is 0. The van der Waals surface area contributed by atoms with E-state index < -0.39 is 0 Å². The van der Waals surface area contributed by atoms with Crippen molar-refractivity contribution in [2.45, 2.75) is 13.8 Å². The summed E-state index contributed by atoms with van der Waals surface area (Å²) >= 11 is 0. The van der Waals surface area contributed by atoms with Crippen LogP contribution in [-0.4, -0.2) is 6.61 Å². The van der Waals surface area contributed by atoms with Crippen LogP contribution in [-0.2, 0) is 0 Å². The van der Waals surface area contributed by atoms with E-state index in [9.17, 15) is 0 Å². The average Bonchev–Trinajstić information content (AvgIpc) is 2.51. The van der Waals surface area contributed by atoms with Gasteiger partial charge in [-0.3, -0.25) is 0 Å². The van der Waals surface area contributed by atoms with Gasteiger partial charge in [0.25, 0.3) is 0 Å². The standard InChI is InChI=1S/C11H12O2/c1-3-12-10-7-13-9-6-4-5-8(2)11(9)10/h4-7H,3H2,1-2H3. The molecule has 13 heavy (non-hydrogen) atoms. The van der Waals surface area contributed by atoms with Crippen LogP contribution in [0.1, 0.15) is 12.5 Å². The number of aryl methyl sites for hydroxylation is 1. The largest absolute Gasteiger partial charge is 0.490 e. The number of hydrogen-bond acceptors (Lipinski definition) is 2. The van der Waals surface area contributed by atoms with Gasteiger partial charge in [-0.2, -0.15) is 0 Å². The monoisotopic (exact) mass is 176 g/mol. The van der Waals surface area contributed by atoms with E-state index in [0.717, 1.165) is 16.7 Å². The van der Waals surface area contributed by atoms with Gasteiger partial charge in [0.05, 0.1) is 12.0 Å². The summed E-state index contributed by atoms with van der Waals surface area (Å²) < 4.78 is 10.8. The van der Waals surface area contributed by atoms with Gasteiger partial charge >= 0.3 is 0 Å². The summed E-state index contributed by atoms with van der Waals surface area (Å²) in [5.74, 6) is 0.843. The van der Waals surface area contributed by atoms with Gasteiger partial charge in [-0.15, -0.1) is 0 Å². The zero-order chi connectivity index (χ0) is 9.26. The molecule has 0 aliphatic carbocycles.